The summed E-state index contributed by atoms with van der Waals surface area (Å²) in [6, 6.07) is 11.4. The zero-order valence-electron chi connectivity index (χ0n) is 22.6. The Kier molecular flexibility index (Phi) is 14.4. The number of benzene rings is 2. The zero-order chi connectivity index (χ0) is 26.9. The molecule has 0 aromatic heterocycles. The Morgan fingerprint density at radius 1 is 0.757 bits per heavy atom. The van der Waals surface area contributed by atoms with Gasteiger partial charge in [0.2, 0.25) is 5.76 Å². The number of hydrogen-bond acceptors (Lipinski definition) is 6. The lowest BCUT2D eigenvalue weighted by Gasteiger charge is -2.14. The fourth-order valence-corrected chi connectivity index (χ4v) is 3.73. The van der Waals surface area contributed by atoms with E-state index in [-0.39, 0.29) is 12.4 Å². The lowest BCUT2D eigenvalue weighted by molar-refractivity contribution is -0.142. The highest BCUT2D eigenvalue weighted by Gasteiger charge is 2.14. The lowest BCUT2D eigenvalue weighted by atomic mass is 10.1. The molecule has 2 aromatic carbocycles. The van der Waals surface area contributed by atoms with Crippen molar-refractivity contribution in [2.75, 3.05) is 33.0 Å². The first-order valence-electron chi connectivity index (χ1n) is 13.3. The molecule has 2 rings (SSSR count). The van der Waals surface area contributed by atoms with Crippen LogP contribution in [0.4, 0.5) is 0 Å². The molecule has 0 saturated carbocycles. The molecule has 0 saturated heterocycles. The Balaban J connectivity index is 2.08. The molecule has 6 nitrogen and oxygen atoms in total. The van der Waals surface area contributed by atoms with Crippen LogP contribution in [0.25, 0.3) is 6.08 Å². The molecule has 0 fully saturated rings. The predicted molar refractivity (Wildman–Crippen MR) is 149 cm³/mol. The van der Waals surface area contributed by atoms with E-state index in [2.05, 4.69) is 13.8 Å². The van der Waals surface area contributed by atoms with Gasteiger partial charge in [-0.15, -0.1) is 0 Å². The fraction of sp³-hybridized carbons (Fsp3) is 0.500. The van der Waals surface area contributed by atoms with Crippen molar-refractivity contribution in [1.82, 2.24) is 0 Å². The molecule has 0 N–H and O–H groups in total. The van der Waals surface area contributed by atoms with Crippen LogP contribution in [0.1, 0.15) is 70.9 Å². The molecular weight excluding hydrogens is 492 g/mol. The first-order valence-corrected chi connectivity index (χ1v) is 13.7. The van der Waals surface area contributed by atoms with Gasteiger partial charge in [0.15, 0.2) is 11.5 Å². The number of rotatable bonds is 18. The van der Waals surface area contributed by atoms with Crippen LogP contribution in [0.5, 0.6) is 17.2 Å². The van der Waals surface area contributed by atoms with Crippen molar-refractivity contribution in [3.63, 3.8) is 0 Å². The molecule has 0 unspecified atom stereocenters. The van der Waals surface area contributed by atoms with E-state index in [0.717, 1.165) is 43.2 Å². The van der Waals surface area contributed by atoms with Gasteiger partial charge in [-0.3, -0.25) is 0 Å². The van der Waals surface area contributed by atoms with E-state index in [9.17, 15) is 4.79 Å². The molecule has 0 aliphatic rings. The minimum absolute atomic E-state index is 0.159. The van der Waals surface area contributed by atoms with Crippen molar-refractivity contribution in [3.8, 4) is 17.2 Å². The summed E-state index contributed by atoms with van der Waals surface area (Å²) in [6.07, 6.45) is 7.62. The summed E-state index contributed by atoms with van der Waals surface area (Å²) in [5.41, 5.74) is 1.83. The Bertz CT molecular complexity index is 988. The van der Waals surface area contributed by atoms with Crippen LogP contribution >= 0.6 is 11.6 Å². The van der Waals surface area contributed by atoms with Gasteiger partial charge < -0.3 is 23.7 Å². The van der Waals surface area contributed by atoms with E-state index in [1.54, 1.807) is 13.0 Å². The quantitative estimate of drug-likeness (QED) is 0.0850. The van der Waals surface area contributed by atoms with Gasteiger partial charge in [-0.2, -0.15) is 0 Å². The molecule has 0 aliphatic carbocycles. The Morgan fingerprint density at radius 2 is 1.43 bits per heavy atom. The molecule has 0 aliphatic heterocycles. The van der Waals surface area contributed by atoms with E-state index >= 15 is 0 Å². The molecule has 0 amide bonds. The molecule has 204 valence electrons. The van der Waals surface area contributed by atoms with Gasteiger partial charge >= 0.3 is 5.97 Å². The highest BCUT2D eigenvalue weighted by Crippen LogP contribution is 2.31. The van der Waals surface area contributed by atoms with Crippen LogP contribution in [-0.4, -0.2) is 39.0 Å². The van der Waals surface area contributed by atoms with E-state index in [1.165, 1.54) is 0 Å². The smallest absolute Gasteiger partial charge is 0.373 e. The zero-order valence-corrected chi connectivity index (χ0v) is 23.4. The fourth-order valence-electron chi connectivity index (χ4n) is 3.47. The second kappa shape index (κ2) is 17.6. The molecule has 2 aromatic rings. The van der Waals surface area contributed by atoms with E-state index in [0.29, 0.717) is 55.1 Å². The van der Waals surface area contributed by atoms with Crippen LogP contribution in [-0.2, 0) is 20.7 Å². The summed E-state index contributed by atoms with van der Waals surface area (Å²) in [5, 5.41) is 0.612. The Labute approximate surface area is 226 Å². The molecule has 0 spiro atoms. The van der Waals surface area contributed by atoms with Crippen LogP contribution < -0.4 is 14.2 Å². The van der Waals surface area contributed by atoms with E-state index in [4.69, 9.17) is 35.3 Å². The maximum atomic E-state index is 12.2. The Hall–Kier alpha value is -2.86. The van der Waals surface area contributed by atoms with Crippen molar-refractivity contribution in [2.24, 2.45) is 0 Å². The number of carbonyl (C=O) groups is 1. The summed E-state index contributed by atoms with van der Waals surface area (Å²) in [5.74, 6) is 1.65. The topological polar surface area (TPSA) is 63.2 Å². The first-order chi connectivity index (χ1) is 18.0. The molecule has 0 heterocycles. The number of esters is 1. The van der Waals surface area contributed by atoms with Crippen molar-refractivity contribution < 1.29 is 28.5 Å². The van der Waals surface area contributed by atoms with Crippen LogP contribution in [0.3, 0.4) is 0 Å². The van der Waals surface area contributed by atoms with Crippen LogP contribution in [0, 0.1) is 0 Å². The third-order valence-electron chi connectivity index (χ3n) is 5.45. The SMILES string of the molecule is CCCCCOc1ccc(CCOc2ccc(/C=C(\OCC)C(=O)OCC)cc2OCCCC)cc1Cl. The maximum Gasteiger partial charge on any atom is 0.373 e. The molecule has 37 heavy (non-hydrogen) atoms. The second-order valence-corrected chi connectivity index (χ2v) is 8.90. The number of unbranched alkanes of at least 4 members (excludes halogenated alkanes) is 3. The Morgan fingerprint density at radius 3 is 2.14 bits per heavy atom. The average Bonchev–Trinajstić information content (AvgIpc) is 2.89. The number of carbonyl (C=O) groups excluding carboxylic acids is 1. The monoisotopic (exact) mass is 532 g/mol. The standard InChI is InChI=1S/C30H41ClO6/c1-5-9-11-18-35-26-14-12-23(20-25(26)31)16-19-37-27-15-13-24(21-28(27)36-17-10-6-2)22-29(33-7-3)30(32)34-8-4/h12-15,20-22H,5-11,16-19H2,1-4H3/b29-22-. The summed E-state index contributed by atoms with van der Waals surface area (Å²) in [4.78, 5) is 12.2. The van der Waals surface area contributed by atoms with Crippen LogP contribution in [0.15, 0.2) is 42.2 Å². The summed E-state index contributed by atoms with van der Waals surface area (Å²) in [6.45, 7) is 10.2. The highest BCUT2D eigenvalue weighted by molar-refractivity contribution is 6.32. The second-order valence-electron chi connectivity index (χ2n) is 8.49. The number of hydrogen-bond donors (Lipinski definition) is 0. The van der Waals surface area contributed by atoms with Gasteiger partial charge in [0.25, 0.3) is 0 Å². The van der Waals surface area contributed by atoms with Gasteiger partial charge in [-0.05, 0) is 68.2 Å². The van der Waals surface area contributed by atoms with Crippen molar-refractivity contribution in [3.05, 3.63) is 58.3 Å². The minimum Gasteiger partial charge on any atom is -0.492 e. The average molecular weight is 533 g/mol. The summed E-state index contributed by atoms with van der Waals surface area (Å²) < 4.78 is 28.5. The van der Waals surface area contributed by atoms with E-state index in [1.807, 2.05) is 43.3 Å². The van der Waals surface area contributed by atoms with Gasteiger partial charge in [-0.25, -0.2) is 4.79 Å². The predicted octanol–water partition coefficient (Wildman–Crippen LogP) is 7.65. The van der Waals surface area contributed by atoms with Crippen molar-refractivity contribution in [2.45, 2.75) is 66.2 Å². The largest absolute Gasteiger partial charge is 0.492 e. The summed E-state index contributed by atoms with van der Waals surface area (Å²) >= 11 is 6.42. The normalized spacial score (nSPS) is 11.2. The molecule has 0 atom stereocenters. The van der Waals surface area contributed by atoms with Crippen LogP contribution in [0.2, 0.25) is 5.02 Å². The third-order valence-corrected chi connectivity index (χ3v) is 5.74. The summed E-state index contributed by atoms with van der Waals surface area (Å²) in [7, 11) is 0. The van der Waals surface area contributed by atoms with Gasteiger partial charge in [0.05, 0.1) is 38.1 Å². The highest BCUT2D eigenvalue weighted by atomic mass is 35.5. The number of ether oxygens (including phenoxy) is 5. The van der Waals surface area contributed by atoms with Gasteiger partial charge in [0, 0.05) is 6.42 Å². The number of halogens is 1. The van der Waals surface area contributed by atoms with Crippen molar-refractivity contribution >= 4 is 23.6 Å². The molecular formula is C30H41ClO6. The third kappa shape index (κ3) is 11.0. The molecule has 7 heteroatoms. The minimum atomic E-state index is -0.492. The van der Waals surface area contributed by atoms with Crippen molar-refractivity contribution in [1.29, 1.82) is 0 Å². The molecule has 0 radical (unpaired) electrons. The maximum absolute atomic E-state index is 12.2. The van der Waals surface area contributed by atoms with Gasteiger partial charge in [0.1, 0.15) is 5.75 Å². The lowest BCUT2D eigenvalue weighted by Crippen LogP contribution is -2.10. The first kappa shape index (κ1) is 30.4. The van der Waals surface area contributed by atoms with Gasteiger partial charge in [-0.1, -0.05) is 56.8 Å². The molecule has 0 bridgehead atoms. The van der Waals surface area contributed by atoms with E-state index < -0.39 is 5.97 Å².